The number of fused-ring (bicyclic) bond motifs is 2. The zero-order chi connectivity index (χ0) is 24.8. The van der Waals surface area contributed by atoms with Crippen molar-refractivity contribution < 1.29 is 0 Å². The monoisotopic (exact) mass is 482 g/mol. The molecule has 4 nitrogen and oxygen atoms in total. The lowest BCUT2D eigenvalue weighted by atomic mass is 9.88. The van der Waals surface area contributed by atoms with Crippen LogP contribution in [0.15, 0.2) is 109 Å². The van der Waals surface area contributed by atoms with E-state index < -0.39 is 0 Å². The number of hydrogen-bond donors (Lipinski definition) is 0. The zero-order valence-electron chi connectivity index (χ0n) is 20.2. The van der Waals surface area contributed by atoms with Crippen LogP contribution in [0.1, 0.15) is 0 Å². The van der Waals surface area contributed by atoms with Crippen molar-refractivity contribution in [3.8, 4) is 22.8 Å². The second kappa shape index (κ2) is 7.17. The molecule has 0 radical (unpaired) electrons. The Labute approximate surface area is 216 Å². The van der Waals surface area contributed by atoms with Crippen LogP contribution in [0.3, 0.4) is 0 Å². The predicted octanol–water partition coefficient (Wildman–Crippen LogP) is 8.40. The number of benzene rings is 7. The van der Waals surface area contributed by atoms with E-state index in [-0.39, 0.29) is 0 Å². The third-order valence-corrected chi connectivity index (χ3v) is 7.78. The van der Waals surface area contributed by atoms with Crippen molar-refractivity contribution in [1.29, 1.82) is 0 Å². The highest BCUT2D eigenvalue weighted by Gasteiger charge is 2.20. The molecule has 0 N–H and O–H groups in total. The Bertz CT molecular complexity index is 2040. The third-order valence-electron chi connectivity index (χ3n) is 7.78. The summed E-state index contributed by atoms with van der Waals surface area (Å²) in [6.45, 7) is 0. The molecule has 2 aromatic heterocycles. The van der Waals surface area contributed by atoms with Gasteiger partial charge in [0.15, 0.2) is 11.6 Å². The molecule has 0 spiro atoms. The van der Waals surface area contributed by atoms with E-state index in [9.17, 15) is 0 Å². The summed E-state index contributed by atoms with van der Waals surface area (Å²) >= 11 is 0. The first-order chi connectivity index (χ1) is 18.8. The van der Waals surface area contributed by atoms with E-state index in [1.807, 2.05) is 36.4 Å². The topological polar surface area (TPSA) is 51.6 Å². The van der Waals surface area contributed by atoms with E-state index in [2.05, 4.69) is 72.8 Å². The maximum absolute atomic E-state index is 4.98. The maximum atomic E-state index is 4.98. The molecule has 9 aromatic rings. The molecule has 7 aromatic carbocycles. The molecular weight excluding hydrogens is 464 g/mol. The highest BCUT2D eigenvalue weighted by atomic mass is 14.9. The molecule has 0 saturated carbocycles. The molecule has 0 aliphatic rings. The molecule has 2 heterocycles. The predicted molar refractivity (Wildman–Crippen MR) is 156 cm³/mol. The Morgan fingerprint density at radius 3 is 0.921 bits per heavy atom. The van der Waals surface area contributed by atoms with E-state index in [1.165, 1.54) is 32.3 Å². The zero-order valence-corrected chi connectivity index (χ0v) is 20.2. The van der Waals surface area contributed by atoms with E-state index >= 15 is 0 Å². The van der Waals surface area contributed by atoms with E-state index in [0.717, 1.165) is 55.6 Å². The molecule has 0 amide bonds. The average molecular weight is 483 g/mol. The van der Waals surface area contributed by atoms with Crippen molar-refractivity contribution in [3.05, 3.63) is 109 Å². The summed E-state index contributed by atoms with van der Waals surface area (Å²) in [5.41, 5.74) is 5.92. The Kier molecular flexibility index (Phi) is 3.76. The molecule has 9 rings (SSSR count). The van der Waals surface area contributed by atoms with Gasteiger partial charge in [0, 0.05) is 32.7 Å². The highest BCUT2D eigenvalue weighted by molar-refractivity contribution is 6.38. The van der Waals surface area contributed by atoms with E-state index in [4.69, 9.17) is 19.9 Å². The van der Waals surface area contributed by atoms with Crippen molar-refractivity contribution in [1.82, 2.24) is 19.9 Å². The lowest BCUT2D eigenvalue weighted by Crippen LogP contribution is -1.97. The molecule has 0 atom stereocenters. The van der Waals surface area contributed by atoms with Gasteiger partial charge in [-0.15, -0.1) is 0 Å². The number of nitrogens with zero attached hydrogens (tertiary/aromatic N) is 4. The maximum Gasteiger partial charge on any atom is 0.160 e. The standard InChI is InChI=1S/C34H18N4/c1-3-7-19(8-4-1)33-35-25-15-11-21-23-13-17-27-32-28(38-34(37-27)20-9-5-2-6-10-20)18-14-24(30(23)32)22-12-16-26(36-33)31(25)29(21)22/h1-18H. The molecule has 0 bridgehead atoms. The van der Waals surface area contributed by atoms with E-state index in [0.29, 0.717) is 0 Å². The van der Waals surface area contributed by atoms with Gasteiger partial charge in [-0.25, -0.2) is 19.9 Å². The van der Waals surface area contributed by atoms with Crippen molar-refractivity contribution >= 4 is 65.2 Å². The summed E-state index contributed by atoms with van der Waals surface area (Å²) in [4.78, 5) is 19.9. The molecule has 38 heavy (non-hydrogen) atoms. The molecule has 0 aliphatic carbocycles. The first-order valence-electron chi connectivity index (χ1n) is 12.8. The summed E-state index contributed by atoms with van der Waals surface area (Å²) in [5.74, 6) is 1.51. The number of aromatic nitrogens is 4. The second-order valence-corrected chi connectivity index (χ2v) is 9.86. The average Bonchev–Trinajstić information content (AvgIpc) is 2.99. The van der Waals surface area contributed by atoms with E-state index in [1.54, 1.807) is 0 Å². The van der Waals surface area contributed by atoms with Gasteiger partial charge >= 0.3 is 0 Å². The van der Waals surface area contributed by atoms with Crippen molar-refractivity contribution in [3.63, 3.8) is 0 Å². The molecule has 4 heteroatoms. The molecule has 0 fully saturated rings. The van der Waals surface area contributed by atoms with Gasteiger partial charge in [0.1, 0.15) is 0 Å². The molecule has 0 unspecified atom stereocenters. The SMILES string of the molecule is c1ccc(-c2nc3ccc4c5ccc6nc(-c7ccccc7)nc7ccc(c8ccc(n2)c3c48)c5c67)cc1. The van der Waals surface area contributed by atoms with Crippen LogP contribution in [0.5, 0.6) is 0 Å². The van der Waals surface area contributed by atoms with Crippen LogP contribution < -0.4 is 0 Å². The first kappa shape index (κ1) is 19.9. The fraction of sp³-hybridized carbons (Fsp3) is 0. The Morgan fingerprint density at radius 2 is 0.605 bits per heavy atom. The molecular formula is C34H18N4. The van der Waals surface area contributed by atoms with Gasteiger partial charge in [-0.3, -0.25) is 0 Å². The first-order valence-corrected chi connectivity index (χ1v) is 12.8. The van der Waals surface area contributed by atoms with Crippen molar-refractivity contribution in [2.75, 3.05) is 0 Å². The second-order valence-electron chi connectivity index (χ2n) is 9.86. The van der Waals surface area contributed by atoms with Crippen LogP contribution in [0.4, 0.5) is 0 Å². The van der Waals surface area contributed by atoms with Gasteiger partial charge in [-0.2, -0.15) is 0 Å². The van der Waals surface area contributed by atoms with Crippen LogP contribution in [-0.2, 0) is 0 Å². The molecule has 0 saturated heterocycles. The fourth-order valence-electron chi connectivity index (χ4n) is 6.13. The quantitative estimate of drug-likeness (QED) is 0.183. The minimum absolute atomic E-state index is 0.754. The minimum Gasteiger partial charge on any atom is -0.228 e. The van der Waals surface area contributed by atoms with Gasteiger partial charge in [-0.05, 0) is 45.8 Å². The van der Waals surface area contributed by atoms with Crippen molar-refractivity contribution in [2.24, 2.45) is 0 Å². The largest absolute Gasteiger partial charge is 0.228 e. The van der Waals surface area contributed by atoms with Crippen LogP contribution in [0, 0.1) is 0 Å². The van der Waals surface area contributed by atoms with Crippen LogP contribution >= 0.6 is 0 Å². The Morgan fingerprint density at radius 1 is 0.289 bits per heavy atom. The lowest BCUT2D eigenvalue weighted by molar-refractivity contribution is 1.26. The normalized spacial score (nSPS) is 12.2. The number of hydrogen-bond acceptors (Lipinski definition) is 4. The van der Waals surface area contributed by atoms with Crippen LogP contribution in [-0.4, -0.2) is 19.9 Å². The Hall–Kier alpha value is -5.22. The molecule has 174 valence electrons. The smallest absolute Gasteiger partial charge is 0.160 e. The Balaban J connectivity index is 1.40. The van der Waals surface area contributed by atoms with Crippen LogP contribution in [0.25, 0.3) is 87.9 Å². The summed E-state index contributed by atoms with van der Waals surface area (Å²) in [7, 11) is 0. The third kappa shape index (κ3) is 2.58. The summed E-state index contributed by atoms with van der Waals surface area (Å²) < 4.78 is 0. The summed E-state index contributed by atoms with van der Waals surface area (Å²) in [6.07, 6.45) is 0. The van der Waals surface area contributed by atoms with Gasteiger partial charge in [-0.1, -0.05) is 84.9 Å². The van der Waals surface area contributed by atoms with Gasteiger partial charge in [0.25, 0.3) is 0 Å². The van der Waals surface area contributed by atoms with Gasteiger partial charge < -0.3 is 0 Å². The van der Waals surface area contributed by atoms with Crippen LogP contribution in [0.2, 0.25) is 0 Å². The van der Waals surface area contributed by atoms with Gasteiger partial charge in [0.2, 0.25) is 0 Å². The van der Waals surface area contributed by atoms with Gasteiger partial charge in [0.05, 0.1) is 22.1 Å². The fourth-order valence-corrected chi connectivity index (χ4v) is 6.13. The molecule has 0 aliphatic heterocycles. The van der Waals surface area contributed by atoms with Crippen molar-refractivity contribution in [2.45, 2.75) is 0 Å². The summed E-state index contributed by atoms with van der Waals surface area (Å²) in [6, 6.07) is 37.8. The minimum atomic E-state index is 0.754. The summed E-state index contributed by atoms with van der Waals surface area (Å²) in [5, 5.41) is 9.52. The number of rotatable bonds is 2. The highest BCUT2D eigenvalue weighted by Crippen LogP contribution is 2.44. The lowest BCUT2D eigenvalue weighted by Gasteiger charge is -2.17.